The maximum Gasteiger partial charge on any atom is 0.101 e. The second-order valence-electron chi connectivity index (χ2n) is 4.91. The largest absolute Gasteiger partial charge is 0.496 e. The molecule has 1 N–H and O–H groups in total. The van der Waals surface area contributed by atoms with Crippen LogP contribution >= 0.6 is 0 Å². The van der Waals surface area contributed by atoms with Crippen molar-refractivity contribution in [2.24, 2.45) is 0 Å². The molecule has 22 heavy (non-hydrogen) atoms. The van der Waals surface area contributed by atoms with Gasteiger partial charge in [0.15, 0.2) is 0 Å². The monoisotopic (exact) mass is 297 g/mol. The van der Waals surface area contributed by atoms with Crippen molar-refractivity contribution in [1.82, 2.24) is 5.32 Å². The summed E-state index contributed by atoms with van der Waals surface area (Å²) in [7, 11) is 0. The average Bonchev–Trinajstić information content (AvgIpc) is 2.53. The van der Waals surface area contributed by atoms with Crippen molar-refractivity contribution in [3.05, 3.63) is 84.7 Å². The van der Waals surface area contributed by atoms with Crippen LogP contribution in [-0.2, 0) is 4.74 Å². The van der Waals surface area contributed by atoms with Crippen molar-refractivity contribution in [2.75, 3.05) is 19.7 Å². The molecule has 0 aliphatic rings. The number of ether oxygens (including phenoxy) is 1. The predicted molar refractivity (Wildman–Crippen MR) is 95.9 cm³/mol. The fourth-order valence-corrected chi connectivity index (χ4v) is 2.30. The number of nitrogens with one attached hydrogen (secondary N) is 1. The lowest BCUT2D eigenvalue weighted by atomic mass is 9.89. The van der Waals surface area contributed by atoms with Crippen LogP contribution in [0.25, 0.3) is 0 Å². The number of rotatable bonds is 10. The molecule has 0 bridgehead atoms. The fraction of sp³-hybridized carbons (Fsp3) is 0.300. The van der Waals surface area contributed by atoms with Gasteiger partial charge in [-0.25, -0.2) is 0 Å². The van der Waals surface area contributed by atoms with Crippen molar-refractivity contribution >= 4 is 0 Å². The molecule has 0 amide bonds. The van der Waals surface area contributed by atoms with Crippen molar-refractivity contribution in [3.63, 3.8) is 0 Å². The zero-order valence-electron chi connectivity index (χ0n) is 13.7. The van der Waals surface area contributed by atoms with Crippen LogP contribution in [0.4, 0.5) is 0 Å². The molecular formula is C20H27NO. The van der Waals surface area contributed by atoms with Crippen LogP contribution in [-0.4, -0.2) is 19.7 Å². The summed E-state index contributed by atoms with van der Waals surface area (Å²) in [5, 5.41) is 3.25. The van der Waals surface area contributed by atoms with Crippen molar-refractivity contribution in [1.29, 1.82) is 0 Å². The highest BCUT2D eigenvalue weighted by molar-refractivity contribution is 5.42. The van der Waals surface area contributed by atoms with Crippen LogP contribution < -0.4 is 5.32 Å². The van der Waals surface area contributed by atoms with Crippen LogP contribution in [0.1, 0.15) is 25.3 Å². The molecule has 2 nitrogen and oxygen atoms in total. The molecule has 0 aliphatic carbocycles. The normalized spacial score (nSPS) is 13.1. The molecular weight excluding hydrogens is 270 g/mol. The van der Waals surface area contributed by atoms with E-state index in [4.69, 9.17) is 4.74 Å². The van der Waals surface area contributed by atoms with Crippen molar-refractivity contribution in [2.45, 2.75) is 19.8 Å². The molecule has 0 saturated heterocycles. The number of hydrogen-bond donors (Lipinski definition) is 1. The summed E-state index contributed by atoms with van der Waals surface area (Å²) >= 11 is 0. The summed E-state index contributed by atoms with van der Waals surface area (Å²) in [4.78, 5) is 0. The number of likely N-dealkylation sites (N-methyl/N-ethyl adjacent to an activating group) is 1. The Bertz CT molecular complexity index is 514. The Labute approximate surface area is 134 Å². The van der Waals surface area contributed by atoms with E-state index >= 15 is 0 Å². The molecule has 0 heterocycles. The molecule has 118 valence electrons. The minimum atomic E-state index is 0.0111. The van der Waals surface area contributed by atoms with E-state index in [0.29, 0.717) is 6.61 Å². The second-order valence-corrected chi connectivity index (χ2v) is 4.91. The van der Waals surface area contributed by atoms with E-state index in [-0.39, 0.29) is 5.92 Å². The Kier molecular flexibility index (Phi) is 8.70. The number of allylic oxidation sites excluding steroid dienone is 5. The van der Waals surface area contributed by atoms with Gasteiger partial charge in [-0.2, -0.15) is 0 Å². The van der Waals surface area contributed by atoms with E-state index in [1.54, 1.807) is 6.08 Å². The molecule has 1 rings (SSSR count). The number of benzene rings is 1. The van der Waals surface area contributed by atoms with E-state index in [1.807, 2.05) is 37.3 Å². The van der Waals surface area contributed by atoms with Gasteiger partial charge in [0.1, 0.15) is 12.4 Å². The Morgan fingerprint density at radius 2 is 2.05 bits per heavy atom. The topological polar surface area (TPSA) is 21.3 Å². The number of hydrogen-bond acceptors (Lipinski definition) is 2. The van der Waals surface area contributed by atoms with Gasteiger partial charge in [-0.05, 0) is 24.6 Å². The summed E-state index contributed by atoms with van der Waals surface area (Å²) in [6.45, 7) is 14.4. The molecule has 0 aromatic heterocycles. The van der Waals surface area contributed by atoms with E-state index in [1.165, 1.54) is 5.56 Å². The first-order valence-corrected chi connectivity index (χ1v) is 7.77. The van der Waals surface area contributed by atoms with E-state index in [9.17, 15) is 0 Å². The maximum atomic E-state index is 5.87. The highest BCUT2D eigenvalue weighted by atomic mass is 16.5. The first kappa shape index (κ1) is 18.0. The van der Waals surface area contributed by atoms with E-state index in [0.717, 1.165) is 24.4 Å². The van der Waals surface area contributed by atoms with Gasteiger partial charge in [0.05, 0.1) is 5.92 Å². The highest BCUT2D eigenvalue weighted by Gasteiger charge is 2.19. The third-order valence-corrected chi connectivity index (χ3v) is 3.27. The highest BCUT2D eigenvalue weighted by Crippen LogP contribution is 2.32. The van der Waals surface area contributed by atoms with Gasteiger partial charge >= 0.3 is 0 Å². The van der Waals surface area contributed by atoms with E-state index in [2.05, 4.69) is 43.6 Å². The van der Waals surface area contributed by atoms with Crippen LogP contribution in [0.5, 0.6) is 0 Å². The zero-order chi connectivity index (χ0) is 16.2. The minimum Gasteiger partial charge on any atom is -0.496 e. The van der Waals surface area contributed by atoms with Gasteiger partial charge in [0.25, 0.3) is 0 Å². The first-order valence-electron chi connectivity index (χ1n) is 7.77. The molecule has 0 radical (unpaired) electrons. The Morgan fingerprint density at radius 3 is 2.64 bits per heavy atom. The van der Waals surface area contributed by atoms with Crippen molar-refractivity contribution < 1.29 is 4.74 Å². The molecule has 0 saturated carbocycles. The van der Waals surface area contributed by atoms with Crippen LogP contribution in [0.15, 0.2) is 79.1 Å². The molecule has 1 aromatic rings. The third kappa shape index (κ3) is 5.74. The van der Waals surface area contributed by atoms with Crippen LogP contribution in [0.3, 0.4) is 0 Å². The molecule has 0 aliphatic heterocycles. The lowest BCUT2D eigenvalue weighted by Crippen LogP contribution is -2.20. The average molecular weight is 297 g/mol. The van der Waals surface area contributed by atoms with Gasteiger partial charge < -0.3 is 10.1 Å². The van der Waals surface area contributed by atoms with Crippen LogP contribution in [0.2, 0.25) is 0 Å². The molecule has 1 aromatic carbocycles. The van der Waals surface area contributed by atoms with Crippen LogP contribution in [0, 0.1) is 0 Å². The summed E-state index contributed by atoms with van der Waals surface area (Å²) < 4.78 is 5.87. The third-order valence-electron chi connectivity index (χ3n) is 3.27. The standard InChI is InChI=1S/C20H27NO/c1-5-11-18(12-6-2)20(19-13-9-8-10-14-19)17(4)22-16-15-21-7-3/h5-6,8-14,20-21H,1,4,7,15-16H2,2-3H3/b12-6-,18-11+. The second kappa shape index (κ2) is 10.6. The predicted octanol–water partition coefficient (Wildman–Crippen LogP) is 4.60. The lowest BCUT2D eigenvalue weighted by Gasteiger charge is -2.22. The smallest absolute Gasteiger partial charge is 0.101 e. The minimum absolute atomic E-state index is 0.0111. The Hall–Kier alpha value is -2.06. The lowest BCUT2D eigenvalue weighted by molar-refractivity contribution is 0.201. The Morgan fingerprint density at radius 1 is 1.32 bits per heavy atom. The summed E-state index contributed by atoms with van der Waals surface area (Å²) in [6.07, 6.45) is 7.92. The summed E-state index contributed by atoms with van der Waals surface area (Å²) in [6, 6.07) is 10.3. The SMILES string of the molecule is C=C/C=C(\C=C/C)C(C(=C)OCCNCC)c1ccccc1. The molecule has 0 fully saturated rings. The molecule has 1 unspecified atom stereocenters. The van der Waals surface area contributed by atoms with Gasteiger partial charge in [0.2, 0.25) is 0 Å². The molecule has 1 atom stereocenters. The molecule has 0 spiro atoms. The van der Waals surface area contributed by atoms with Crippen molar-refractivity contribution in [3.8, 4) is 0 Å². The van der Waals surface area contributed by atoms with Gasteiger partial charge in [0, 0.05) is 6.54 Å². The quantitative estimate of drug-likeness (QED) is 0.387. The fourth-order valence-electron chi connectivity index (χ4n) is 2.30. The zero-order valence-corrected chi connectivity index (χ0v) is 13.7. The van der Waals surface area contributed by atoms with Gasteiger partial charge in [-0.1, -0.05) is 74.7 Å². The molecule has 2 heteroatoms. The maximum absolute atomic E-state index is 5.87. The summed E-state index contributed by atoms with van der Waals surface area (Å²) in [5.41, 5.74) is 2.29. The summed E-state index contributed by atoms with van der Waals surface area (Å²) in [5.74, 6) is 0.771. The van der Waals surface area contributed by atoms with Gasteiger partial charge in [-0.15, -0.1) is 0 Å². The van der Waals surface area contributed by atoms with Gasteiger partial charge in [-0.3, -0.25) is 0 Å². The van der Waals surface area contributed by atoms with E-state index < -0.39 is 0 Å². The Balaban J connectivity index is 2.98. The first-order chi connectivity index (χ1) is 10.7.